The zero-order valence-corrected chi connectivity index (χ0v) is 10.1. The molecule has 0 heterocycles. The first-order valence-electron chi connectivity index (χ1n) is 5.16. The van der Waals surface area contributed by atoms with Gasteiger partial charge in [0.1, 0.15) is 0 Å². The summed E-state index contributed by atoms with van der Waals surface area (Å²) in [6.07, 6.45) is 0. The second-order valence-corrected chi connectivity index (χ2v) is 6.43. The molecule has 0 unspecified atom stereocenters. The standard InChI is InChI=1S/C13H15O2P/c1-15-16(14,12-8-4-2-5-9-12)13-10-6-3-7-11-13/h2-11,14,16H,1H3. The third-order valence-corrected chi connectivity index (χ3v) is 5.45. The van der Waals surface area contributed by atoms with Gasteiger partial charge in [0.25, 0.3) is 0 Å². The van der Waals surface area contributed by atoms with Crippen LogP contribution < -0.4 is 10.6 Å². The van der Waals surface area contributed by atoms with Crippen LogP contribution >= 0.6 is 7.72 Å². The van der Waals surface area contributed by atoms with E-state index in [0.717, 1.165) is 10.6 Å². The topological polar surface area (TPSA) is 29.5 Å². The zero-order valence-electron chi connectivity index (χ0n) is 9.13. The number of rotatable bonds is 3. The molecule has 16 heavy (non-hydrogen) atoms. The van der Waals surface area contributed by atoms with Gasteiger partial charge in [-0.2, -0.15) is 0 Å². The average Bonchev–Trinajstić information content (AvgIpc) is 2.40. The molecule has 3 heteroatoms. The van der Waals surface area contributed by atoms with E-state index in [-0.39, 0.29) is 0 Å². The van der Waals surface area contributed by atoms with Gasteiger partial charge in [-0.1, -0.05) is 0 Å². The molecule has 0 aliphatic rings. The summed E-state index contributed by atoms with van der Waals surface area (Å²) in [5, 5.41) is 1.73. The van der Waals surface area contributed by atoms with Crippen molar-refractivity contribution >= 4 is 18.3 Å². The molecular weight excluding hydrogens is 219 g/mol. The van der Waals surface area contributed by atoms with Gasteiger partial charge in [0.05, 0.1) is 0 Å². The summed E-state index contributed by atoms with van der Waals surface area (Å²) in [5.41, 5.74) is 0. The molecule has 0 amide bonds. The van der Waals surface area contributed by atoms with Gasteiger partial charge < -0.3 is 0 Å². The Kier molecular flexibility index (Phi) is 3.35. The molecule has 0 saturated carbocycles. The van der Waals surface area contributed by atoms with E-state index in [4.69, 9.17) is 4.52 Å². The van der Waals surface area contributed by atoms with Crippen molar-refractivity contribution < 1.29 is 9.42 Å². The van der Waals surface area contributed by atoms with Crippen LogP contribution in [0.3, 0.4) is 0 Å². The quantitative estimate of drug-likeness (QED) is 0.821. The van der Waals surface area contributed by atoms with Crippen LogP contribution in [0, 0.1) is 0 Å². The van der Waals surface area contributed by atoms with Crippen LogP contribution in [0.4, 0.5) is 0 Å². The summed E-state index contributed by atoms with van der Waals surface area (Å²) in [7, 11) is -1.41. The molecule has 0 aromatic heterocycles. The van der Waals surface area contributed by atoms with Gasteiger partial charge in [0.15, 0.2) is 0 Å². The normalized spacial score (nSPS) is 12.4. The van der Waals surface area contributed by atoms with E-state index in [2.05, 4.69) is 0 Å². The predicted molar refractivity (Wildman–Crippen MR) is 69.7 cm³/mol. The molecule has 0 saturated heterocycles. The van der Waals surface area contributed by atoms with E-state index in [0.29, 0.717) is 0 Å². The molecule has 0 aliphatic carbocycles. The third kappa shape index (κ3) is 2.00. The fourth-order valence-corrected chi connectivity index (χ4v) is 3.82. The minimum absolute atomic E-state index is 0.865. The van der Waals surface area contributed by atoms with Crippen molar-refractivity contribution in [2.75, 3.05) is 7.11 Å². The van der Waals surface area contributed by atoms with Crippen molar-refractivity contribution in [3.63, 3.8) is 0 Å². The van der Waals surface area contributed by atoms with Gasteiger partial charge in [-0.05, 0) is 0 Å². The average molecular weight is 234 g/mol. The van der Waals surface area contributed by atoms with E-state index in [9.17, 15) is 4.89 Å². The summed E-state index contributed by atoms with van der Waals surface area (Å²) in [5.74, 6) is 0. The van der Waals surface area contributed by atoms with Crippen LogP contribution in [0.15, 0.2) is 60.7 Å². The molecule has 2 rings (SSSR count). The van der Waals surface area contributed by atoms with Gasteiger partial charge >= 0.3 is 95.5 Å². The molecule has 2 aromatic carbocycles. The molecule has 2 nitrogen and oxygen atoms in total. The minimum atomic E-state index is -2.98. The molecular formula is C13H15O2P. The Balaban J connectivity index is 2.49. The summed E-state index contributed by atoms with van der Waals surface area (Å²) < 4.78 is 5.40. The molecule has 1 N–H and O–H groups in total. The first-order chi connectivity index (χ1) is 7.77. The fourth-order valence-electron chi connectivity index (χ4n) is 1.73. The number of hydrogen-bond donors (Lipinski definition) is 1. The molecule has 0 radical (unpaired) electrons. The molecule has 84 valence electrons. The maximum absolute atomic E-state index is 10.7. The Morgan fingerprint density at radius 2 is 1.19 bits per heavy atom. The van der Waals surface area contributed by atoms with Crippen LogP contribution in [0.5, 0.6) is 0 Å². The van der Waals surface area contributed by atoms with E-state index in [1.807, 2.05) is 60.7 Å². The Morgan fingerprint density at radius 1 is 0.812 bits per heavy atom. The van der Waals surface area contributed by atoms with Crippen LogP contribution in [-0.4, -0.2) is 12.0 Å². The second-order valence-electron chi connectivity index (χ2n) is 3.58. The summed E-state index contributed by atoms with van der Waals surface area (Å²) >= 11 is 0. The molecule has 2 aromatic rings. The Labute approximate surface area is 96.0 Å². The first-order valence-corrected chi connectivity index (χ1v) is 7.01. The van der Waals surface area contributed by atoms with Crippen LogP contribution in [0.1, 0.15) is 0 Å². The molecule has 0 fully saturated rings. The Morgan fingerprint density at radius 3 is 1.50 bits per heavy atom. The zero-order chi connectivity index (χ0) is 11.4. The second kappa shape index (κ2) is 4.75. The van der Waals surface area contributed by atoms with Crippen LogP contribution in [0.2, 0.25) is 0 Å². The first kappa shape index (κ1) is 11.3. The summed E-state index contributed by atoms with van der Waals surface area (Å²) in [6, 6.07) is 19.1. The van der Waals surface area contributed by atoms with Gasteiger partial charge in [0, 0.05) is 0 Å². The van der Waals surface area contributed by atoms with Crippen molar-refractivity contribution in [2.24, 2.45) is 0 Å². The summed E-state index contributed by atoms with van der Waals surface area (Å²) in [4.78, 5) is 10.7. The maximum atomic E-state index is 10.7. The van der Waals surface area contributed by atoms with Crippen molar-refractivity contribution in [3.05, 3.63) is 60.7 Å². The molecule has 0 atom stereocenters. The van der Waals surface area contributed by atoms with Gasteiger partial charge in [-0.3, -0.25) is 0 Å². The van der Waals surface area contributed by atoms with Gasteiger partial charge in [0.2, 0.25) is 0 Å². The molecule has 0 spiro atoms. The van der Waals surface area contributed by atoms with Crippen LogP contribution in [0.25, 0.3) is 0 Å². The van der Waals surface area contributed by atoms with Crippen LogP contribution in [-0.2, 0) is 4.52 Å². The van der Waals surface area contributed by atoms with Crippen molar-refractivity contribution in [3.8, 4) is 0 Å². The van der Waals surface area contributed by atoms with Crippen molar-refractivity contribution in [1.29, 1.82) is 0 Å². The predicted octanol–water partition coefficient (Wildman–Crippen LogP) is 1.86. The van der Waals surface area contributed by atoms with Gasteiger partial charge in [-0.25, -0.2) is 0 Å². The monoisotopic (exact) mass is 234 g/mol. The van der Waals surface area contributed by atoms with E-state index in [1.165, 1.54) is 0 Å². The number of hydrogen-bond acceptors (Lipinski definition) is 2. The fraction of sp³-hybridized carbons (Fsp3) is 0.0769. The SMILES string of the molecule is CO[PH](O)(c1ccccc1)c1ccccc1. The Hall–Kier alpha value is -1.21. The third-order valence-electron chi connectivity index (χ3n) is 2.63. The number of benzene rings is 2. The van der Waals surface area contributed by atoms with E-state index in [1.54, 1.807) is 7.11 Å². The Bertz CT molecular complexity index is 403. The van der Waals surface area contributed by atoms with Crippen molar-refractivity contribution in [2.45, 2.75) is 0 Å². The molecule has 0 aliphatic heterocycles. The summed E-state index contributed by atoms with van der Waals surface area (Å²) in [6.45, 7) is 0. The van der Waals surface area contributed by atoms with Gasteiger partial charge in [-0.15, -0.1) is 0 Å². The van der Waals surface area contributed by atoms with E-state index < -0.39 is 7.72 Å². The molecule has 0 bridgehead atoms. The van der Waals surface area contributed by atoms with Crippen molar-refractivity contribution in [1.82, 2.24) is 0 Å². The van der Waals surface area contributed by atoms with E-state index >= 15 is 0 Å².